The zero-order chi connectivity index (χ0) is 17.2. The SMILES string of the molecule is O=C(Nc1cccc(-c2nc3ncccc3o2)c1)c1cccc(O)c1. The van der Waals surface area contributed by atoms with Crippen molar-refractivity contribution in [2.75, 3.05) is 5.32 Å². The Kier molecular flexibility index (Phi) is 3.63. The summed E-state index contributed by atoms with van der Waals surface area (Å²) in [5.41, 5.74) is 2.84. The molecule has 6 heteroatoms. The number of rotatable bonds is 3. The number of pyridine rings is 1. The Bertz CT molecular complexity index is 1040. The lowest BCUT2D eigenvalue weighted by molar-refractivity contribution is 0.102. The summed E-state index contributed by atoms with van der Waals surface area (Å²) < 4.78 is 5.70. The molecule has 0 bridgehead atoms. The number of nitrogens with one attached hydrogen (secondary N) is 1. The highest BCUT2D eigenvalue weighted by molar-refractivity contribution is 6.04. The van der Waals surface area contributed by atoms with Gasteiger partial charge in [0.05, 0.1) is 0 Å². The second-order valence-corrected chi connectivity index (χ2v) is 5.43. The third-order valence-electron chi connectivity index (χ3n) is 3.64. The molecule has 0 spiro atoms. The zero-order valence-corrected chi connectivity index (χ0v) is 13.0. The largest absolute Gasteiger partial charge is 0.508 e. The van der Waals surface area contributed by atoms with E-state index in [-0.39, 0.29) is 11.7 Å². The third kappa shape index (κ3) is 3.05. The van der Waals surface area contributed by atoms with Crippen molar-refractivity contribution in [1.82, 2.24) is 9.97 Å². The summed E-state index contributed by atoms with van der Waals surface area (Å²) in [6, 6.07) is 16.9. The fourth-order valence-corrected chi connectivity index (χ4v) is 2.47. The molecule has 0 radical (unpaired) electrons. The smallest absolute Gasteiger partial charge is 0.255 e. The van der Waals surface area contributed by atoms with Gasteiger partial charge in [0.1, 0.15) is 5.75 Å². The van der Waals surface area contributed by atoms with Crippen molar-refractivity contribution in [2.24, 2.45) is 0 Å². The van der Waals surface area contributed by atoms with Gasteiger partial charge in [-0.3, -0.25) is 4.79 Å². The maximum atomic E-state index is 12.3. The molecule has 1 amide bonds. The minimum atomic E-state index is -0.313. The first kappa shape index (κ1) is 14.9. The van der Waals surface area contributed by atoms with Gasteiger partial charge in [-0.05, 0) is 48.5 Å². The summed E-state index contributed by atoms with van der Waals surface area (Å²) in [7, 11) is 0. The number of anilines is 1. The Hall–Kier alpha value is -3.67. The summed E-state index contributed by atoms with van der Waals surface area (Å²) in [6.45, 7) is 0. The Morgan fingerprint density at radius 2 is 1.92 bits per heavy atom. The molecule has 4 rings (SSSR count). The van der Waals surface area contributed by atoms with Gasteiger partial charge < -0.3 is 14.8 Å². The van der Waals surface area contributed by atoms with Crippen molar-refractivity contribution in [3.05, 3.63) is 72.4 Å². The molecule has 0 aliphatic rings. The molecule has 0 aliphatic carbocycles. The van der Waals surface area contributed by atoms with Crippen LogP contribution < -0.4 is 5.32 Å². The molecule has 0 saturated carbocycles. The van der Waals surface area contributed by atoms with E-state index in [1.54, 1.807) is 48.7 Å². The molecule has 2 heterocycles. The van der Waals surface area contributed by atoms with Gasteiger partial charge in [0, 0.05) is 23.0 Å². The number of fused-ring (bicyclic) bond motifs is 1. The van der Waals surface area contributed by atoms with Crippen molar-refractivity contribution in [1.29, 1.82) is 0 Å². The minimum absolute atomic E-state index is 0.0420. The van der Waals surface area contributed by atoms with E-state index in [1.165, 1.54) is 12.1 Å². The predicted molar refractivity (Wildman–Crippen MR) is 93.3 cm³/mol. The average molecular weight is 331 g/mol. The van der Waals surface area contributed by atoms with Crippen LogP contribution in [0.3, 0.4) is 0 Å². The van der Waals surface area contributed by atoms with Crippen LogP contribution in [0.1, 0.15) is 10.4 Å². The number of amides is 1. The topological polar surface area (TPSA) is 88.3 Å². The number of hydrogen-bond donors (Lipinski definition) is 2. The van der Waals surface area contributed by atoms with Crippen molar-refractivity contribution < 1.29 is 14.3 Å². The van der Waals surface area contributed by atoms with Crippen LogP contribution >= 0.6 is 0 Å². The summed E-state index contributed by atoms with van der Waals surface area (Å²) in [5, 5.41) is 12.3. The van der Waals surface area contributed by atoms with Gasteiger partial charge in [0.2, 0.25) is 5.89 Å². The fourth-order valence-electron chi connectivity index (χ4n) is 2.47. The highest BCUT2D eigenvalue weighted by atomic mass is 16.3. The average Bonchev–Trinajstić information content (AvgIpc) is 3.06. The van der Waals surface area contributed by atoms with Gasteiger partial charge in [0.15, 0.2) is 11.2 Å². The first-order chi connectivity index (χ1) is 12.2. The van der Waals surface area contributed by atoms with E-state index in [9.17, 15) is 9.90 Å². The molecule has 4 aromatic rings. The number of oxazole rings is 1. The number of carbonyl (C=O) groups excluding carboxylic acids is 1. The van der Waals surface area contributed by atoms with E-state index in [1.807, 2.05) is 6.07 Å². The Balaban J connectivity index is 1.62. The Labute approximate surface area is 142 Å². The molecule has 0 unspecified atom stereocenters. The maximum Gasteiger partial charge on any atom is 0.255 e. The fraction of sp³-hybridized carbons (Fsp3) is 0. The van der Waals surface area contributed by atoms with Crippen molar-refractivity contribution in [2.45, 2.75) is 0 Å². The molecule has 122 valence electrons. The van der Waals surface area contributed by atoms with E-state index in [0.717, 1.165) is 5.56 Å². The van der Waals surface area contributed by atoms with Crippen LogP contribution in [0.25, 0.3) is 22.7 Å². The highest BCUT2D eigenvalue weighted by Crippen LogP contribution is 2.25. The molecule has 0 aliphatic heterocycles. The number of aromatic hydroxyl groups is 1. The molecular weight excluding hydrogens is 318 g/mol. The summed E-state index contributed by atoms with van der Waals surface area (Å²) in [4.78, 5) is 20.8. The Morgan fingerprint density at radius 1 is 1.04 bits per heavy atom. The second-order valence-electron chi connectivity index (χ2n) is 5.43. The molecule has 2 N–H and O–H groups in total. The number of hydrogen-bond acceptors (Lipinski definition) is 5. The van der Waals surface area contributed by atoms with Gasteiger partial charge in [-0.25, -0.2) is 4.98 Å². The van der Waals surface area contributed by atoms with Gasteiger partial charge >= 0.3 is 0 Å². The molecule has 0 atom stereocenters. The van der Waals surface area contributed by atoms with E-state index < -0.39 is 0 Å². The second kappa shape index (κ2) is 6.09. The number of carbonyl (C=O) groups is 1. The van der Waals surface area contributed by atoms with Crippen LogP contribution in [0, 0.1) is 0 Å². The summed E-state index contributed by atoms with van der Waals surface area (Å²) in [5.74, 6) is 0.162. The van der Waals surface area contributed by atoms with Crippen LogP contribution in [-0.2, 0) is 0 Å². The van der Waals surface area contributed by atoms with Gasteiger partial charge in [0.25, 0.3) is 5.91 Å². The summed E-state index contributed by atoms with van der Waals surface area (Å²) >= 11 is 0. The van der Waals surface area contributed by atoms with Gasteiger partial charge in [-0.15, -0.1) is 0 Å². The number of nitrogens with zero attached hydrogens (tertiary/aromatic N) is 2. The van der Waals surface area contributed by atoms with E-state index in [0.29, 0.717) is 28.4 Å². The molecule has 0 fully saturated rings. The first-order valence-corrected chi connectivity index (χ1v) is 7.61. The van der Waals surface area contributed by atoms with Crippen molar-refractivity contribution >= 4 is 22.8 Å². The minimum Gasteiger partial charge on any atom is -0.508 e. The van der Waals surface area contributed by atoms with E-state index >= 15 is 0 Å². The lowest BCUT2D eigenvalue weighted by Crippen LogP contribution is -2.11. The van der Waals surface area contributed by atoms with Crippen molar-refractivity contribution in [3.63, 3.8) is 0 Å². The van der Waals surface area contributed by atoms with Gasteiger partial charge in [-0.2, -0.15) is 4.98 Å². The number of benzene rings is 2. The number of aromatic nitrogens is 2. The third-order valence-corrected chi connectivity index (χ3v) is 3.64. The molecule has 25 heavy (non-hydrogen) atoms. The van der Waals surface area contributed by atoms with E-state index in [4.69, 9.17) is 4.42 Å². The standard InChI is InChI=1S/C19H13N3O3/c23-15-7-2-4-12(11-15)18(24)21-14-6-1-5-13(10-14)19-22-17-16(25-19)8-3-9-20-17/h1-11,23H,(H,21,24). The van der Waals surface area contributed by atoms with Crippen LogP contribution in [0.4, 0.5) is 5.69 Å². The predicted octanol–water partition coefficient (Wildman–Crippen LogP) is 3.85. The first-order valence-electron chi connectivity index (χ1n) is 7.61. The lowest BCUT2D eigenvalue weighted by Gasteiger charge is -2.06. The zero-order valence-electron chi connectivity index (χ0n) is 13.0. The summed E-state index contributed by atoms with van der Waals surface area (Å²) in [6.07, 6.45) is 1.65. The van der Waals surface area contributed by atoms with Crippen LogP contribution in [0.5, 0.6) is 5.75 Å². The monoisotopic (exact) mass is 331 g/mol. The normalized spacial score (nSPS) is 10.7. The quantitative estimate of drug-likeness (QED) is 0.595. The highest BCUT2D eigenvalue weighted by Gasteiger charge is 2.11. The van der Waals surface area contributed by atoms with Crippen LogP contribution in [0.2, 0.25) is 0 Å². The maximum absolute atomic E-state index is 12.3. The van der Waals surface area contributed by atoms with E-state index in [2.05, 4.69) is 15.3 Å². The molecular formula is C19H13N3O3. The van der Waals surface area contributed by atoms with Gasteiger partial charge in [-0.1, -0.05) is 12.1 Å². The van der Waals surface area contributed by atoms with Crippen LogP contribution in [-0.4, -0.2) is 21.0 Å². The number of phenolic OH excluding ortho intramolecular Hbond substituents is 1. The molecule has 6 nitrogen and oxygen atoms in total. The number of phenols is 1. The molecule has 2 aromatic carbocycles. The molecule has 0 saturated heterocycles. The van der Waals surface area contributed by atoms with Crippen LogP contribution in [0.15, 0.2) is 71.3 Å². The van der Waals surface area contributed by atoms with Crippen molar-refractivity contribution in [3.8, 4) is 17.2 Å². The lowest BCUT2D eigenvalue weighted by atomic mass is 10.1. The molecule has 2 aromatic heterocycles. The Morgan fingerprint density at radius 3 is 2.76 bits per heavy atom.